The maximum atomic E-state index is 13.3. The van der Waals surface area contributed by atoms with Gasteiger partial charge in [-0.3, -0.25) is 4.79 Å². The molecule has 0 saturated carbocycles. The quantitative estimate of drug-likeness (QED) is 0.829. The number of amides is 1. The van der Waals surface area contributed by atoms with Gasteiger partial charge in [-0.1, -0.05) is 12.5 Å². The van der Waals surface area contributed by atoms with Crippen molar-refractivity contribution in [1.29, 1.82) is 0 Å². The summed E-state index contributed by atoms with van der Waals surface area (Å²) in [7, 11) is 0. The number of para-hydroxylation sites is 1. The predicted molar refractivity (Wildman–Crippen MR) is 78.0 cm³/mol. The van der Waals surface area contributed by atoms with Crippen molar-refractivity contribution in [1.82, 2.24) is 10.2 Å². The molecule has 4 nitrogen and oxygen atoms in total. The van der Waals surface area contributed by atoms with Crippen molar-refractivity contribution in [2.24, 2.45) is 0 Å². The number of hydrogen-bond acceptors (Lipinski definition) is 3. The highest BCUT2D eigenvalue weighted by Crippen LogP contribution is 2.16. The first-order valence-corrected chi connectivity index (χ1v) is 7.15. The number of halogens is 1. The highest BCUT2D eigenvalue weighted by molar-refractivity contribution is 5.99. The maximum Gasteiger partial charge on any atom is 0.253 e. The second kappa shape index (κ2) is 6.70. The molecular formula is C15H22FN3O. The lowest BCUT2D eigenvalue weighted by Gasteiger charge is -2.29. The Labute approximate surface area is 119 Å². The normalized spacial score (nSPS) is 17.7. The molecule has 1 atom stereocenters. The molecule has 1 unspecified atom stereocenters. The molecule has 1 aromatic rings. The van der Waals surface area contributed by atoms with Gasteiger partial charge in [0.1, 0.15) is 5.82 Å². The van der Waals surface area contributed by atoms with Crippen LogP contribution >= 0.6 is 0 Å². The molecule has 1 heterocycles. The number of nitrogen functional groups attached to an aromatic ring is 1. The summed E-state index contributed by atoms with van der Waals surface area (Å²) >= 11 is 0. The Morgan fingerprint density at radius 3 is 2.80 bits per heavy atom. The van der Waals surface area contributed by atoms with Crippen molar-refractivity contribution in [3.05, 3.63) is 29.6 Å². The number of rotatable bonds is 4. The van der Waals surface area contributed by atoms with Crippen LogP contribution in [-0.4, -0.2) is 36.5 Å². The SMILES string of the molecule is CC(CN1CCCCC1)NC(=O)c1cccc(F)c1N. The smallest absolute Gasteiger partial charge is 0.253 e. The average Bonchev–Trinajstić information content (AvgIpc) is 2.42. The van der Waals surface area contributed by atoms with E-state index >= 15 is 0 Å². The molecule has 20 heavy (non-hydrogen) atoms. The van der Waals surface area contributed by atoms with Gasteiger partial charge in [0, 0.05) is 12.6 Å². The van der Waals surface area contributed by atoms with Gasteiger partial charge in [0.15, 0.2) is 0 Å². The number of benzene rings is 1. The molecule has 5 heteroatoms. The number of nitrogens with two attached hydrogens (primary N) is 1. The minimum absolute atomic E-state index is 0.0169. The number of anilines is 1. The van der Waals surface area contributed by atoms with E-state index < -0.39 is 5.82 Å². The zero-order valence-corrected chi connectivity index (χ0v) is 11.9. The second-order valence-electron chi connectivity index (χ2n) is 5.44. The van der Waals surface area contributed by atoms with E-state index in [2.05, 4.69) is 10.2 Å². The van der Waals surface area contributed by atoms with Crippen LogP contribution in [-0.2, 0) is 0 Å². The van der Waals surface area contributed by atoms with Crippen LogP contribution in [0.15, 0.2) is 18.2 Å². The summed E-state index contributed by atoms with van der Waals surface area (Å²) in [6, 6.07) is 4.31. The van der Waals surface area contributed by atoms with Crippen LogP contribution in [0.4, 0.5) is 10.1 Å². The fourth-order valence-corrected chi connectivity index (χ4v) is 2.61. The third kappa shape index (κ3) is 3.70. The first kappa shape index (κ1) is 14.8. The molecule has 1 fully saturated rings. The molecule has 0 radical (unpaired) electrons. The highest BCUT2D eigenvalue weighted by atomic mass is 19.1. The van der Waals surface area contributed by atoms with Crippen LogP contribution in [0.25, 0.3) is 0 Å². The van der Waals surface area contributed by atoms with Crippen LogP contribution in [0.1, 0.15) is 36.5 Å². The van der Waals surface area contributed by atoms with E-state index in [-0.39, 0.29) is 23.2 Å². The van der Waals surface area contributed by atoms with Crippen LogP contribution < -0.4 is 11.1 Å². The van der Waals surface area contributed by atoms with Gasteiger partial charge in [-0.15, -0.1) is 0 Å². The largest absolute Gasteiger partial charge is 0.396 e. The minimum atomic E-state index is -0.554. The zero-order chi connectivity index (χ0) is 14.5. The fraction of sp³-hybridized carbons (Fsp3) is 0.533. The molecule has 1 aliphatic heterocycles. The molecule has 1 aliphatic rings. The fourth-order valence-electron chi connectivity index (χ4n) is 2.61. The van der Waals surface area contributed by atoms with Gasteiger partial charge in [-0.25, -0.2) is 4.39 Å². The zero-order valence-electron chi connectivity index (χ0n) is 11.9. The molecule has 110 valence electrons. The van der Waals surface area contributed by atoms with E-state index in [0.29, 0.717) is 0 Å². The summed E-state index contributed by atoms with van der Waals surface area (Å²) < 4.78 is 13.3. The Hall–Kier alpha value is -1.62. The van der Waals surface area contributed by atoms with Crippen molar-refractivity contribution < 1.29 is 9.18 Å². The van der Waals surface area contributed by atoms with Crippen LogP contribution in [0.3, 0.4) is 0 Å². The van der Waals surface area contributed by atoms with E-state index in [9.17, 15) is 9.18 Å². The van der Waals surface area contributed by atoms with Crippen LogP contribution in [0.2, 0.25) is 0 Å². The van der Waals surface area contributed by atoms with Crippen molar-refractivity contribution in [3.8, 4) is 0 Å². The lowest BCUT2D eigenvalue weighted by molar-refractivity contribution is 0.0926. The lowest BCUT2D eigenvalue weighted by atomic mass is 10.1. The molecular weight excluding hydrogens is 257 g/mol. The lowest BCUT2D eigenvalue weighted by Crippen LogP contribution is -2.43. The average molecular weight is 279 g/mol. The monoisotopic (exact) mass is 279 g/mol. The Morgan fingerprint density at radius 2 is 2.10 bits per heavy atom. The topological polar surface area (TPSA) is 58.4 Å². The van der Waals surface area contributed by atoms with E-state index in [1.165, 1.54) is 31.4 Å². The van der Waals surface area contributed by atoms with Crippen molar-refractivity contribution in [3.63, 3.8) is 0 Å². The summed E-state index contributed by atoms with van der Waals surface area (Å²) in [5.41, 5.74) is 5.71. The number of hydrogen-bond donors (Lipinski definition) is 2. The molecule has 2 rings (SSSR count). The molecule has 1 saturated heterocycles. The molecule has 0 spiro atoms. The molecule has 0 aromatic heterocycles. The van der Waals surface area contributed by atoms with Gasteiger partial charge in [0.05, 0.1) is 11.3 Å². The van der Waals surface area contributed by atoms with E-state index in [1.807, 2.05) is 6.92 Å². The third-order valence-corrected chi connectivity index (χ3v) is 3.66. The Balaban J connectivity index is 1.91. The van der Waals surface area contributed by atoms with Gasteiger partial charge in [-0.05, 0) is 45.0 Å². The van der Waals surface area contributed by atoms with Gasteiger partial charge in [0.25, 0.3) is 5.91 Å². The minimum Gasteiger partial charge on any atom is -0.396 e. The number of carbonyl (C=O) groups is 1. The second-order valence-corrected chi connectivity index (χ2v) is 5.44. The summed E-state index contributed by atoms with van der Waals surface area (Å²) in [5.74, 6) is -0.868. The maximum absolute atomic E-state index is 13.3. The summed E-state index contributed by atoms with van der Waals surface area (Å²) in [6.45, 7) is 4.95. The molecule has 1 aromatic carbocycles. The molecule has 0 aliphatic carbocycles. The van der Waals surface area contributed by atoms with E-state index in [0.717, 1.165) is 19.6 Å². The van der Waals surface area contributed by atoms with Crippen LogP contribution in [0, 0.1) is 5.82 Å². The van der Waals surface area contributed by atoms with E-state index in [1.54, 1.807) is 6.07 Å². The predicted octanol–water partition coefficient (Wildman–Crippen LogP) is 2.01. The van der Waals surface area contributed by atoms with Gasteiger partial charge >= 0.3 is 0 Å². The first-order chi connectivity index (χ1) is 9.58. The Morgan fingerprint density at radius 1 is 1.40 bits per heavy atom. The molecule has 3 N–H and O–H groups in total. The van der Waals surface area contributed by atoms with Crippen molar-refractivity contribution in [2.75, 3.05) is 25.4 Å². The number of nitrogens with one attached hydrogen (secondary N) is 1. The number of carbonyl (C=O) groups excluding carboxylic acids is 1. The van der Waals surface area contributed by atoms with Crippen molar-refractivity contribution >= 4 is 11.6 Å². The van der Waals surface area contributed by atoms with Crippen LogP contribution in [0.5, 0.6) is 0 Å². The van der Waals surface area contributed by atoms with Gasteiger partial charge in [-0.2, -0.15) is 0 Å². The standard InChI is InChI=1S/C15H22FN3O/c1-11(10-19-8-3-2-4-9-19)18-15(20)12-6-5-7-13(16)14(12)17/h5-7,11H,2-4,8-10,17H2,1H3,(H,18,20). The first-order valence-electron chi connectivity index (χ1n) is 7.15. The summed E-state index contributed by atoms with van der Waals surface area (Å²) in [6.07, 6.45) is 3.73. The van der Waals surface area contributed by atoms with Gasteiger partial charge in [0.2, 0.25) is 0 Å². The number of piperidine rings is 1. The number of likely N-dealkylation sites (tertiary alicyclic amines) is 1. The Kier molecular flexibility index (Phi) is 4.95. The third-order valence-electron chi connectivity index (χ3n) is 3.66. The summed E-state index contributed by atoms with van der Waals surface area (Å²) in [5, 5.41) is 2.88. The molecule has 1 amide bonds. The highest BCUT2D eigenvalue weighted by Gasteiger charge is 2.17. The van der Waals surface area contributed by atoms with Crippen molar-refractivity contribution in [2.45, 2.75) is 32.2 Å². The molecule has 0 bridgehead atoms. The number of nitrogens with zero attached hydrogens (tertiary/aromatic N) is 1. The van der Waals surface area contributed by atoms with Gasteiger partial charge < -0.3 is 16.0 Å². The Bertz CT molecular complexity index is 472. The summed E-state index contributed by atoms with van der Waals surface area (Å²) in [4.78, 5) is 14.4. The van der Waals surface area contributed by atoms with E-state index in [4.69, 9.17) is 5.73 Å².